The van der Waals surface area contributed by atoms with Crippen molar-refractivity contribution in [3.8, 4) is 0 Å². The van der Waals surface area contributed by atoms with E-state index in [1.165, 1.54) is 4.68 Å². The van der Waals surface area contributed by atoms with Gasteiger partial charge in [0.15, 0.2) is 5.69 Å². The molecule has 3 rings (SSSR count). The minimum Gasteiger partial charge on any atom is -0.394 e. The van der Waals surface area contributed by atoms with E-state index in [0.717, 1.165) is 32.1 Å². The largest absolute Gasteiger partial charge is 0.394 e. The van der Waals surface area contributed by atoms with E-state index in [4.69, 9.17) is 0 Å². The lowest BCUT2D eigenvalue weighted by Crippen LogP contribution is -2.39. The molecule has 1 atom stereocenters. The van der Waals surface area contributed by atoms with Gasteiger partial charge in [0.1, 0.15) is 0 Å². The Bertz CT molecular complexity index is 815. The van der Waals surface area contributed by atoms with Crippen LogP contribution in [-0.4, -0.2) is 44.9 Å². The van der Waals surface area contributed by atoms with E-state index < -0.39 is 0 Å². The molecule has 1 saturated heterocycles. The summed E-state index contributed by atoms with van der Waals surface area (Å²) in [4.78, 5) is 27.4. The Hall–Kier alpha value is -2.21. The van der Waals surface area contributed by atoms with E-state index in [9.17, 15) is 14.7 Å². The van der Waals surface area contributed by atoms with Crippen molar-refractivity contribution in [2.45, 2.75) is 51.6 Å². The van der Waals surface area contributed by atoms with Gasteiger partial charge in [-0.3, -0.25) is 9.59 Å². The number of aliphatic hydroxyl groups is 1. The summed E-state index contributed by atoms with van der Waals surface area (Å²) in [5.74, 6) is -0.197. The molecule has 1 aromatic carbocycles. The molecule has 1 aromatic heterocycles. The number of carbonyl (C=O) groups is 1. The van der Waals surface area contributed by atoms with Crippen molar-refractivity contribution in [2.24, 2.45) is 0 Å². The fourth-order valence-corrected chi connectivity index (χ4v) is 3.49. The summed E-state index contributed by atoms with van der Waals surface area (Å²) in [6.45, 7) is 3.20. The molecule has 0 saturated carbocycles. The number of hydrogen-bond acceptors (Lipinski definition) is 4. The van der Waals surface area contributed by atoms with Crippen molar-refractivity contribution in [3.63, 3.8) is 0 Å². The van der Waals surface area contributed by atoms with Crippen molar-refractivity contribution < 1.29 is 9.90 Å². The molecule has 1 fully saturated rings. The van der Waals surface area contributed by atoms with Crippen LogP contribution < -0.4 is 5.56 Å². The maximum Gasteiger partial charge on any atom is 0.275 e. The van der Waals surface area contributed by atoms with Gasteiger partial charge in [-0.05, 0) is 25.3 Å². The zero-order valence-electron chi connectivity index (χ0n) is 14.6. The second-order valence-electron chi connectivity index (χ2n) is 6.61. The van der Waals surface area contributed by atoms with E-state index in [-0.39, 0.29) is 24.1 Å². The predicted molar refractivity (Wildman–Crippen MR) is 96.7 cm³/mol. The van der Waals surface area contributed by atoms with Gasteiger partial charge < -0.3 is 10.0 Å². The van der Waals surface area contributed by atoms with Gasteiger partial charge >= 0.3 is 0 Å². The number of amides is 1. The highest BCUT2D eigenvalue weighted by molar-refractivity contribution is 6.05. The van der Waals surface area contributed by atoms with Gasteiger partial charge in [0.2, 0.25) is 0 Å². The van der Waals surface area contributed by atoms with E-state index in [1.807, 2.05) is 6.07 Å². The Kier molecular flexibility index (Phi) is 5.48. The number of benzene rings is 1. The average Bonchev–Trinajstić information content (AvgIpc) is 3.12. The molecule has 6 nitrogen and oxygen atoms in total. The quantitative estimate of drug-likeness (QED) is 0.816. The van der Waals surface area contributed by atoms with Gasteiger partial charge in [-0.2, -0.15) is 5.10 Å². The van der Waals surface area contributed by atoms with E-state index >= 15 is 0 Å². The standard InChI is InChI=1S/C19H25N3O3/c1-2-3-6-12-22-18(24)16-10-5-4-9-15(16)17(20-22)19(25)21-11-7-8-14(21)13-23/h4-5,9-10,14,23H,2-3,6-8,11-13H2,1H3/t14-/m1/s1. The first kappa shape index (κ1) is 17.6. The highest BCUT2D eigenvalue weighted by atomic mass is 16.3. The van der Waals surface area contributed by atoms with Crippen LogP contribution in [0.4, 0.5) is 0 Å². The lowest BCUT2D eigenvalue weighted by molar-refractivity contribution is 0.0671. The van der Waals surface area contributed by atoms with Crippen molar-refractivity contribution in [1.29, 1.82) is 0 Å². The predicted octanol–water partition coefficient (Wildman–Crippen LogP) is 2.18. The molecule has 0 unspecified atom stereocenters. The summed E-state index contributed by atoms with van der Waals surface area (Å²) in [6, 6.07) is 6.99. The van der Waals surface area contributed by atoms with Crippen molar-refractivity contribution in [1.82, 2.24) is 14.7 Å². The fourth-order valence-electron chi connectivity index (χ4n) is 3.49. The number of nitrogens with zero attached hydrogens (tertiary/aromatic N) is 3. The maximum atomic E-state index is 13.1. The van der Waals surface area contributed by atoms with Crippen LogP contribution in [0.5, 0.6) is 0 Å². The third-order valence-electron chi connectivity index (χ3n) is 4.89. The lowest BCUT2D eigenvalue weighted by Gasteiger charge is -2.23. The van der Waals surface area contributed by atoms with Crippen LogP contribution in [0.2, 0.25) is 0 Å². The molecule has 1 amide bonds. The smallest absolute Gasteiger partial charge is 0.275 e. The summed E-state index contributed by atoms with van der Waals surface area (Å²) in [7, 11) is 0. The van der Waals surface area contributed by atoms with Crippen molar-refractivity contribution in [2.75, 3.05) is 13.2 Å². The summed E-state index contributed by atoms with van der Waals surface area (Å²) < 4.78 is 1.43. The number of aromatic nitrogens is 2. The van der Waals surface area contributed by atoms with Crippen LogP contribution in [0.15, 0.2) is 29.1 Å². The Morgan fingerprint density at radius 2 is 2.04 bits per heavy atom. The first-order valence-corrected chi connectivity index (χ1v) is 9.09. The molecule has 0 radical (unpaired) electrons. The number of likely N-dealkylation sites (tertiary alicyclic amines) is 1. The molecule has 2 heterocycles. The molecular formula is C19H25N3O3. The third kappa shape index (κ3) is 3.44. The molecule has 1 N–H and O–H groups in total. The third-order valence-corrected chi connectivity index (χ3v) is 4.89. The molecule has 1 aliphatic heterocycles. The molecule has 0 spiro atoms. The fraction of sp³-hybridized carbons (Fsp3) is 0.526. The number of aryl methyl sites for hydroxylation is 1. The highest BCUT2D eigenvalue weighted by Gasteiger charge is 2.31. The van der Waals surface area contributed by atoms with Crippen LogP contribution in [0.25, 0.3) is 10.8 Å². The van der Waals surface area contributed by atoms with Crippen LogP contribution >= 0.6 is 0 Å². The molecule has 134 valence electrons. The number of unbranched alkanes of at least 4 members (excludes halogenated alkanes) is 2. The summed E-state index contributed by atoms with van der Waals surface area (Å²) >= 11 is 0. The molecule has 0 aliphatic carbocycles. The normalized spacial score (nSPS) is 17.4. The minimum absolute atomic E-state index is 0.0419. The van der Waals surface area contributed by atoms with E-state index in [2.05, 4.69) is 12.0 Å². The number of carbonyl (C=O) groups excluding carboxylic acids is 1. The monoisotopic (exact) mass is 343 g/mol. The Morgan fingerprint density at radius 1 is 1.28 bits per heavy atom. The summed E-state index contributed by atoms with van der Waals surface area (Å²) in [5, 5.41) is 15.1. The molecule has 6 heteroatoms. The van der Waals surface area contributed by atoms with Crippen molar-refractivity contribution in [3.05, 3.63) is 40.3 Å². The number of aliphatic hydroxyl groups excluding tert-OH is 1. The molecule has 2 aromatic rings. The number of fused-ring (bicyclic) bond motifs is 1. The van der Waals surface area contributed by atoms with E-state index in [1.54, 1.807) is 23.1 Å². The van der Waals surface area contributed by atoms with Gasteiger partial charge in [0.25, 0.3) is 11.5 Å². The molecule has 1 aliphatic rings. The van der Waals surface area contributed by atoms with Crippen LogP contribution in [-0.2, 0) is 6.54 Å². The van der Waals surface area contributed by atoms with Gasteiger partial charge in [-0.25, -0.2) is 4.68 Å². The molecule has 0 bridgehead atoms. The Morgan fingerprint density at radius 3 is 2.76 bits per heavy atom. The van der Waals surface area contributed by atoms with Gasteiger partial charge in [-0.1, -0.05) is 38.0 Å². The van der Waals surface area contributed by atoms with Gasteiger partial charge in [0, 0.05) is 18.5 Å². The second-order valence-corrected chi connectivity index (χ2v) is 6.61. The first-order valence-electron chi connectivity index (χ1n) is 9.09. The van der Waals surface area contributed by atoms with E-state index in [0.29, 0.717) is 29.6 Å². The SMILES string of the molecule is CCCCCn1nc(C(=O)N2CCC[C@@H]2CO)c2ccccc2c1=O. The topological polar surface area (TPSA) is 75.4 Å². The van der Waals surface area contributed by atoms with Crippen LogP contribution in [0, 0.1) is 0 Å². The van der Waals surface area contributed by atoms with Crippen molar-refractivity contribution >= 4 is 16.7 Å². The van der Waals surface area contributed by atoms with Crippen LogP contribution in [0.3, 0.4) is 0 Å². The van der Waals surface area contributed by atoms with Gasteiger partial charge in [-0.15, -0.1) is 0 Å². The first-order chi connectivity index (χ1) is 12.2. The number of rotatable bonds is 6. The summed E-state index contributed by atoms with van der Waals surface area (Å²) in [5.41, 5.74) is 0.162. The zero-order valence-corrected chi connectivity index (χ0v) is 14.6. The Labute approximate surface area is 147 Å². The summed E-state index contributed by atoms with van der Waals surface area (Å²) in [6.07, 6.45) is 4.61. The lowest BCUT2D eigenvalue weighted by atomic mass is 10.1. The van der Waals surface area contributed by atoms with Gasteiger partial charge in [0.05, 0.1) is 18.0 Å². The average molecular weight is 343 g/mol. The highest BCUT2D eigenvalue weighted by Crippen LogP contribution is 2.22. The zero-order chi connectivity index (χ0) is 17.8. The van der Waals surface area contributed by atoms with Crippen LogP contribution in [0.1, 0.15) is 49.5 Å². The number of hydrogen-bond donors (Lipinski definition) is 1. The Balaban J connectivity index is 2.05. The maximum absolute atomic E-state index is 13.1. The molecular weight excluding hydrogens is 318 g/mol. The molecule has 25 heavy (non-hydrogen) atoms. The minimum atomic E-state index is -0.197. The second kappa shape index (κ2) is 7.78.